The number of carbonyl (C=O) groups is 2. The average Bonchev–Trinajstić information content (AvgIpc) is 3.34. The molecule has 0 saturated heterocycles. The fourth-order valence-corrected chi connectivity index (χ4v) is 2.54. The second-order valence-electron chi connectivity index (χ2n) is 6.04. The van der Waals surface area contributed by atoms with Gasteiger partial charge >= 0.3 is 0 Å². The number of amides is 2. The Morgan fingerprint density at radius 1 is 1.00 bits per heavy atom. The van der Waals surface area contributed by atoms with E-state index in [1.807, 2.05) is 18.2 Å². The molecule has 2 N–H and O–H groups in total. The first-order valence-electron chi connectivity index (χ1n) is 8.29. The largest absolute Gasteiger partial charge is 0.355 e. The van der Waals surface area contributed by atoms with Gasteiger partial charge in [-0.1, -0.05) is 43.7 Å². The van der Waals surface area contributed by atoms with E-state index in [1.54, 1.807) is 0 Å². The van der Waals surface area contributed by atoms with Crippen LogP contribution in [0.15, 0.2) is 30.3 Å². The molecule has 22 heavy (non-hydrogen) atoms. The number of hydrogen-bond donors (Lipinski definition) is 2. The molecule has 1 saturated carbocycles. The van der Waals surface area contributed by atoms with Gasteiger partial charge in [0.2, 0.25) is 11.8 Å². The van der Waals surface area contributed by atoms with Gasteiger partial charge < -0.3 is 10.6 Å². The molecule has 0 heterocycles. The zero-order chi connectivity index (χ0) is 15.8. The predicted octanol–water partition coefficient (Wildman–Crippen LogP) is 2.43. The molecule has 0 unspecified atom stereocenters. The second-order valence-corrected chi connectivity index (χ2v) is 6.04. The van der Waals surface area contributed by atoms with E-state index in [0.717, 1.165) is 25.7 Å². The lowest BCUT2D eigenvalue weighted by molar-refractivity contribution is -0.137. The molecule has 0 aromatic heterocycles. The molecule has 4 nitrogen and oxygen atoms in total. The molecule has 1 aliphatic carbocycles. The Morgan fingerprint density at radius 3 is 2.14 bits per heavy atom. The summed E-state index contributed by atoms with van der Waals surface area (Å²) in [7, 11) is 0. The van der Waals surface area contributed by atoms with Crippen molar-refractivity contribution >= 4 is 11.8 Å². The lowest BCUT2D eigenvalue weighted by Gasteiger charge is -2.15. The van der Waals surface area contributed by atoms with Crippen molar-refractivity contribution in [2.24, 2.45) is 5.41 Å². The van der Waals surface area contributed by atoms with Crippen molar-refractivity contribution in [3.63, 3.8) is 0 Å². The first-order valence-corrected chi connectivity index (χ1v) is 8.29. The highest BCUT2D eigenvalue weighted by Crippen LogP contribution is 2.46. The van der Waals surface area contributed by atoms with Gasteiger partial charge in [0.25, 0.3) is 0 Å². The number of hydrogen-bond acceptors (Lipinski definition) is 2. The highest BCUT2D eigenvalue weighted by Gasteiger charge is 2.56. The Kier molecular flexibility index (Phi) is 5.99. The first kappa shape index (κ1) is 16.5. The Hall–Kier alpha value is -1.84. The highest BCUT2D eigenvalue weighted by molar-refractivity contribution is 6.07. The maximum absolute atomic E-state index is 12.2. The lowest BCUT2D eigenvalue weighted by atomic mass is 10.0. The molecule has 0 atom stereocenters. The Balaban J connectivity index is 1.69. The maximum atomic E-state index is 12.2. The number of nitrogens with one attached hydrogen (secondary N) is 2. The van der Waals surface area contributed by atoms with E-state index in [1.165, 1.54) is 5.56 Å². The van der Waals surface area contributed by atoms with Crippen LogP contribution in [0.5, 0.6) is 0 Å². The molecular weight excluding hydrogens is 276 g/mol. The maximum Gasteiger partial charge on any atom is 0.235 e. The summed E-state index contributed by atoms with van der Waals surface area (Å²) in [6.07, 6.45) is 5.19. The van der Waals surface area contributed by atoms with Gasteiger partial charge in [-0.25, -0.2) is 0 Å². The van der Waals surface area contributed by atoms with Gasteiger partial charge in [-0.3, -0.25) is 9.59 Å². The summed E-state index contributed by atoms with van der Waals surface area (Å²) in [5.41, 5.74) is 0.496. The standard InChI is InChI=1S/C18H26N2O2/c1-2-3-13-19-16(21)18(11-12-18)17(22)20-14-7-10-15-8-5-4-6-9-15/h4-6,8-9H,2-3,7,10-14H2,1H3,(H,19,21)(H,20,22). The third-order valence-electron chi connectivity index (χ3n) is 4.21. The molecule has 0 radical (unpaired) electrons. The van der Waals surface area contributed by atoms with Crippen molar-refractivity contribution in [1.82, 2.24) is 10.6 Å². The molecule has 0 spiro atoms. The quantitative estimate of drug-likeness (QED) is 0.544. The van der Waals surface area contributed by atoms with Crippen LogP contribution in [0.2, 0.25) is 0 Å². The van der Waals surface area contributed by atoms with Gasteiger partial charge in [0.1, 0.15) is 5.41 Å². The van der Waals surface area contributed by atoms with Crippen LogP contribution in [-0.2, 0) is 16.0 Å². The summed E-state index contributed by atoms with van der Waals surface area (Å²) in [4.78, 5) is 24.4. The van der Waals surface area contributed by atoms with E-state index in [0.29, 0.717) is 25.9 Å². The summed E-state index contributed by atoms with van der Waals surface area (Å²) >= 11 is 0. The molecule has 120 valence electrons. The van der Waals surface area contributed by atoms with Crippen LogP contribution in [0.4, 0.5) is 0 Å². The normalized spacial score (nSPS) is 15.1. The van der Waals surface area contributed by atoms with E-state index < -0.39 is 5.41 Å². The van der Waals surface area contributed by atoms with Crippen LogP contribution in [0.3, 0.4) is 0 Å². The molecular formula is C18H26N2O2. The molecule has 2 rings (SSSR count). The smallest absolute Gasteiger partial charge is 0.235 e. The highest BCUT2D eigenvalue weighted by atomic mass is 16.2. The Labute approximate surface area is 132 Å². The minimum Gasteiger partial charge on any atom is -0.355 e. The van der Waals surface area contributed by atoms with E-state index in [9.17, 15) is 9.59 Å². The van der Waals surface area contributed by atoms with Gasteiger partial charge in [-0.2, -0.15) is 0 Å². The first-order chi connectivity index (χ1) is 10.7. The van der Waals surface area contributed by atoms with Crippen molar-refractivity contribution in [1.29, 1.82) is 0 Å². The molecule has 1 aromatic carbocycles. The second kappa shape index (κ2) is 7.97. The van der Waals surface area contributed by atoms with Crippen molar-refractivity contribution in [3.05, 3.63) is 35.9 Å². The molecule has 0 aliphatic heterocycles. The van der Waals surface area contributed by atoms with E-state index in [-0.39, 0.29) is 11.8 Å². The number of rotatable bonds is 9. The number of benzene rings is 1. The Morgan fingerprint density at radius 2 is 1.59 bits per heavy atom. The monoisotopic (exact) mass is 302 g/mol. The van der Waals surface area contributed by atoms with Crippen molar-refractivity contribution in [2.75, 3.05) is 13.1 Å². The summed E-state index contributed by atoms with van der Waals surface area (Å²) in [6.45, 7) is 3.37. The zero-order valence-corrected chi connectivity index (χ0v) is 13.4. The van der Waals surface area contributed by atoms with Gasteiger partial charge in [-0.05, 0) is 37.7 Å². The predicted molar refractivity (Wildman–Crippen MR) is 87.4 cm³/mol. The van der Waals surface area contributed by atoms with Crippen molar-refractivity contribution < 1.29 is 9.59 Å². The molecule has 1 aromatic rings. The van der Waals surface area contributed by atoms with E-state index in [4.69, 9.17) is 0 Å². The van der Waals surface area contributed by atoms with Crippen molar-refractivity contribution in [2.45, 2.75) is 45.4 Å². The third-order valence-corrected chi connectivity index (χ3v) is 4.21. The summed E-state index contributed by atoms with van der Waals surface area (Å²) in [6, 6.07) is 10.2. The fraction of sp³-hybridized carbons (Fsp3) is 0.556. The fourth-order valence-electron chi connectivity index (χ4n) is 2.54. The SMILES string of the molecule is CCCCNC(=O)C1(C(=O)NCCCc2ccccc2)CC1. The third kappa shape index (κ3) is 4.33. The van der Waals surface area contributed by atoms with Crippen LogP contribution in [0.1, 0.15) is 44.6 Å². The van der Waals surface area contributed by atoms with Gasteiger partial charge in [0.05, 0.1) is 0 Å². The number of aryl methyl sites for hydroxylation is 1. The van der Waals surface area contributed by atoms with Crippen LogP contribution < -0.4 is 10.6 Å². The van der Waals surface area contributed by atoms with E-state index >= 15 is 0 Å². The summed E-state index contributed by atoms with van der Waals surface area (Å²) in [5, 5.41) is 5.81. The molecule has 1 aliphatic rings. The van der Waals surface area contributed by atoms with Crippen LogP contribution in [-0.4, -0.2) is 24.9 Å². The molecule has 2 amide bonds. The number of carbonyl (C=O) groups excluding carboxylic acids is 2. The zero-order valence-electron chi connectivity index (χ0n) is 13.4. The summed E-state index contributed by atoms with van der Waals surface area (Å²) in [5.74, 6) is -0.198. The topological polar surface area (TPSA) is 58.2 Å². The Bertz CT molecular complexity index is 495. The minimum atomic E-state index is -0.777. The van der Waals surface area contributed by atoms with Gasteiger partial charge in [-0.15, -0.1) is 0 Å². The number of unbranched alkanes of at least 4 members (excludes halogenated alkanes) is 1. The molecule has 4 heteroatoms. The summed E-state index contributed by atoms with van der Waals surface area (Å²) < 4.78 is 0. The molecule has 0 bridgehead atoms. The molecule has 1 fully saturated rings. The average molecular weight is 302 g/mol. The lowest BCUT2D eigenvalue weighted by Crippen LogP contribution is -2.43. The van der Waals surface area contributed by atoms with Gasteiger partial charge in [0.15, 0.2) is 0 Å². The minimum absolute atomic E-state index is 0.0958. The van der Waals surface area contributed by atoms with Gasteiger partial charge in [0, 0.05) is 13.1 Å². The van der Waals surface area contributed by atoms with Crippen LogP contribution in [0, 0.1) is 5.41 Å². The van der Waals surface area contributed by atoms with Crippen LogP contribution in [0.25, 0.3) is 0 Å². The van der Waals surface area contributed by atoms with Crippen LogP contribution >= 0.6 is 0 Å². The van der Waals surface area contributed by atoms with Crippen molar-refractivity contribution in [3.8, 4) is 0 Å². The van der Waals surface area contributed by atoms with E-state index in [2.05, 4.69) is 29.7 Å².